The number of carbonyl (C=O) groups excluding carboxylic acids is 2. The van der Waals surface area contributed by atoms with Crippen molar-refractivity contribution in [3.05, 3.63) is 11.7 Å². The van der Waals surface area contributed by atoms with E-state index in [9.17, 15) is 9.59 Å². The van der Waals surface area contributed by atoms with E-state index < -0.39 is 12.1 Å². The zero-order chi connectivity index (χ0) is 15.9. The SMILES string of the molecule is Cc1noc([C@H](C)OC(=O)CNC(=O)CCC2CCCC2)n1. The van der Waals surface area contributed by atoms with E-state index >= 15 is 0 Å². The van der Waals surface area contributed by atoms with E-state index in [1.807, 2.05) is 0 Å². The first-order valence-electron chi connectivity index (χ1n) is 7.81. The molecule has 0 unspecified atom stereocenters. The molecular formula is C15H23N3O4. The van der Waals surface area contributed by atoms with Crippen molar-refractivity contribution in [1.29, 1.82) is 0 Å². The first kappa shape index (κ1) is 16.5. The predicted octanol–water partition coefficient (Wildman–Crippen LogP) is 2.07. The van der Waals surface area contributed by atoms with Gasteiger partial charge in [-0.05, 0) is 26.2 Å². The second kappa shape index (κ2) is 7.91. The van der Waals surface area contributed by atoms with Gasteiger partial charge in [-0.25, -0.2) is 0 Å². The number of nitrogens with one attached hydrogen (secondary N) is 1. The lowest BCUT2D eigenvalue weighted by Crippen LogP contribution is -2.31. The third-order valence-corrected chi connectivity index (χ3v) is 3.88. The molecule has 22 heavy (non-hydrogen) atoms. The highest BCUT2D eigenvalue weighted by atomic mass is 16.6. The molecule has 1 atom stereocenters. The lowest BCUT2D eigenvalue weighted by Gasteiger charge is -2.11. The van der Waals surface area contributed by atoms with E-state index in [0.29, 0.717) is 18.2 Å². The fourth-order valence-corrected chi connectivity index (χ4v) is 2.66. The van der Waals surface area contributed by atoms with Crippen LogP contribution in [0.3, 0.4) is 0 Å². The van der Waals surface area contributed by atoms with Crippen molar-refractivity contribution in [2.75, 3.05) is 6.54 Å². The van der Waals surface area contributed by atoms with E-state index in [4.69, 9.17) is 9.26 Å². The highest BCUT2D eigenvalue weighted by Crippen LogP contribution is 2.28. The summed E-state index contributed by atoms with van der Waals surface area (Å²) in [5.74, 6) is 0.776. The van der Waals surface area contributed by atoms with Gasteiger partial charge < -0.3 is 14.6 Å². The Morgan fingerprint density at radius 2 is 2.14 bits per heavy atom. The van der Waals surface area contributed by atoms with Gasteiger partial charge in [-0.15, -0.1) is 0 Å². The molecule has 0 aromatic carbocycles. The maximum atomic E-state index is 11.7. The second-order valence-electron chi connectivity index (χ2n) is 5.78. The normalized spacial score (nSPS) is 16.5. The topological polar surface area (TPSA) is 94.3 Å². The average Bonchev–Trinajstić information content (AvgIpc) is 3.14. The number of nitrogens with zero attached hydrogens (tertiary/aromatic N) is 2. The van der Waals surface area contributed by atoms with Gasteiger partial charge in [0.05, 0.1) is 0 Å². The summed E-state index contributed by atoms with van der Waals surface area (Å²) in [5.41, 5.74) is 0. The van der Waals surface area contributed by atoms with Crippen molar-refractivity contribution in [3.8, 4) is 0 Å². The van der Waals surface area contributed by atoms with Gasteiger partial charge in [0.2, 0.25) is 5.91 Å². The Kier molecular flexibility index (Phi) is 5.91. The molecule has 0 saturated heterocycles. The molecule has 2 rings (SSSR count). The monoisotopic (exact) mass is 309 g/mol. The van der Waals surface area contributed by atoms with Crippen LogP contribution in [0.25, 0.3) is 0 Å². The summed E-state index contributed by atoms with van der Waals surface area (Å²) in [6.45, 7) is 3.19. The van der Waals surface area contributed by atoms with Crippen molar-refractivity contribution in [3.63, 3.8) is 0 Å². The summed E-state index contributed by atoms with van der Waals surface area (Å²) in [4.78, 5) is 27.4. The number of hydrogen-bond donors (Lipinski definition) is 1. The number of esters is 1. The van der Waals surface area contributed by atoms with Gasteiger partial charge in [0.15, 0.2) is 11.9 Å². The van der Waals surface area contributed by atoms with Gasteiger partial charge in [-0.2, -0.15) is 4.98 Å². The quantitative estimate of drug-likeness (QED) is 0.775. The minimum Gasteiger partial charge on any atom is -0.451 e. The molecule has 1 aliphatic rings. The standard InChI is InChI=1S/C15H23N3O4/c1-10(15-17-11(2)18-22-15)21-14(20)9-16-13(19)8-7-12-5-3-4-6-12/h10,12H,3-9H2,1-2H3,(H,16,19)/t10-/m0/s1. The van der Waals surface area contributed by atoms with Crippen LogP contribution in [0.4, 0.5) is 0 Å². The number of amides is 1. The van der Waals surface area contributed by atoms with Crippen LogP contribution in [0.15, 0.2) is 4.52 Å². The summed E-state index contributed by atoms with van der Waals surface area (Å²) < 4.78 is 10.1. The van der Waals surface area contributed by atoms with Crippen LogP contribution >= 0.6 is 0 Å². The van der Waals surface area contributed by atoms with Crippen molar-refractivity contribution in [2.45, 2.75) is 58.5 Å². The van der Waals surface area contributed by atoms with Gasteiger partial charge in [0.1, 0.15) is 6.54 Å². The van der Waals surface area contributed by atoms with Crippen LogP contribution in [0.1, 0.15) is 63.3 Å². The molecule has 1 heterocycles. The molecule has 0 aliphatic heterocycles. The van der Waals surface area contributed by atoms with Crippen LogP contribution in [0.2, 0.25) is 0 Å². The van der Waals surface area contributed by atoms with E-state index in [-0.39, 0.29) is 18.3 Å². The lowest BCUT2D eigenvalue weighted by atomic mass is 10.0. The fraction of sp³-hybridized carbons (Fsp3) is 0.733. The van der Waals surface area contributed by atoms with Crippen molar-refractivity contribution in [1.82, 2.24) is 15.5 Å². The second-order valence-corrected chi connectivity index (χ2v) is 5.78. The highest BCUT2D eigenvalue weighted by molar-refractivity contribution is 5.81. The predicted molar refractivity (Wildman–Crippen MR) is 77.7 cm³/mol. The molecule has 122 valence electrons. The summed E-state index contributed by atoms with van der Waals surface area (Å²) in [6, 6.07) is 0. The third kappa shape index (κ3) is 5.13. The van der Waals surface area contributed by atoms with Crippen LogP contribution in [0.5, 0.6) is 0 Å². The number of aryl methyl sites for hydroxylation is 1. The molecule has 7 heteroatoms. The van der Waals surface area contributed by atoms with Gasteiger partial charge in [0, 0.05) is 6.42 Å². The van der Waals surface area contributed by atoms with Crippen molar-refractivity contribution >= 4 is 11.9 Å². The van der Waals surface area contributed by atoms with Crippen molar-refractivity contribution < 1.29 is 18.8 Å². The van der Waals surface area contributed by atoms with Crippen molar-refractivity contribution in [2.24, 2.45) is 5.92 Å². The Hall–Kier alpha value is -1.92. The minimum atomic E-state index is -0.621. The fourth-order valence-electron chi connectivity index (χ4n) is 2.66. The highest BCUT2D eigenvalue weighted by Gasteiger charge is 2.19. The molecule has 0 radical (unpaired) electrons. The summed E-state index contributed by atoms with van der Waals surface area (Å²) in [5, 5.41) is 6.22. The van der Waals surface area contributed by atoms with E-state index in [0.717, 1.165) is 6.42 Å². The molecule has 1 N–H and O–H groups in total. The Morgan fingerprint density at radius 3 is 2.77 bits per heavy atom. The first-order valence-corrected chi connectivity index (χ1v) is 7.81. The smallest absolute Gasteiger partial charge is 0.326 e. The van der Waals surface area contributed by atoms with E-state index in [1.54, 1.807) is 13.8 Å². The maximum Gasteiger partial charge on any atom is 0.326 e. The zero-order valence-electron chi connectivity index (χ0n) is 13.1. The number of hydrogen-bond acceptors (Lipinski definition) is 6. The zero-order valence-corrected chi connectivity index (χ0v) is 13.1. The molecule has 1 aliphatic carbocycles. The summed E-state index contributed by atoms with van der Waals surface area (Å²) >= 11 is 0. The van der Waals surface area contributed by atoms with Gasteiger partial charge in [-0.1, -0.05) is 30.8 Å². The Bertz CT molecular complexity index is 509. The largest absolute Gasteiger partial charge is 0.451 e. The molecule has 1 saturated carbocycles. The van der Waals surface area contributed by atoms with E-state index in [1.165, 1.54) is 25.7 Å². The van der Waals surface area contributed by atoms with E-state index in [2.05, 4.69) is 15.5 Å². The van der Waals surface area contributed by atoms with Crippen LogP contribution < -0.4 is 5.32 Å². The Labute approximate surface area is 129 Å². The van der Waals surface area contributed by atoms with Gasteiger partial charge in [-0.3, -0.25) is 9.59 Å². The molecule has 1 aromatic rings. The molecule has 7 nitrogen and oxygen atoms in total. The number of ether oxygens (including phenoxy) is 1. The first-order chi connectivity index (χ1) is 10.5. The molecule has 1 amide bonds. The molecule has 0 bridgehead atoms. The van der Waals surface area contributed by atoms with Crippen LogP contribution in [0, 0.1) is 12.8 Å². The number of carbonyl (C=O) groups is 2. The van der Waals surface area contributed by atoms with Crippen LogP contribution in [-0.2, 0) is 14.3 Å². The lowest BCUT2D eigenvalue weighted by molar-refractivity contribution is -0.149. The van der Waals surface area contributed by atoms with Gasteiger partial charge >= 0.3 is 5.97 Å². The molecule has 1 fully saturated rings. The van der Waals surface area contributed by atoms with Crippen LogP contribution in [-0.4, -0.2) is 28.6 Å². The minimum absolute atomic E-state index is 0.106. The average molecular weight is 309 g/mol. The van der Waals surface area contributed by atoms with Gasteiger partial charge in [0.25, 0.3) is 5.89 Å². The number of rotatable bonds is 7. The maximum absolute atomic E-state index is 11.7. The summed E-state index contributed by atoms with van der Waals surface area (Å²) in [7, 11) is 0. The summed E-state index contributed by atoms with van der Waals surface area (Å²) in [6.07, 6.45) is 5.73. The number of aromatic nitrogens is 2. The molecule has 1 aromatic heterocycles. The third-order valence-electron chi connectivity index (χ3n) is 3.88. The molecular weight excluding hydrogens is 286 g/mol. The molecule has 0 spiro atoms. The Morgan fingerprint density at radius 1 is 1.41 bits per heavy atom. The Balaban J connectivity index is 1.63.